The molecule has 0 saturated heterocycles. The molecule has 0 saturated carbocycles. The van der Waals surface area contributed by atoms with Gasteiger partial charge in [0.1, 0.15) is 0 Å². The molecule has 0 atom stereocenters. The van der Waals surface area contributed by atoms with E-state index in [1.165, 1.54) is 5.56 Å². The van der Waals surface area contributed by atoms with E-state index in [2.05, 4.69) is 11.4 Å². The first kappa shape index (κ1) is 16.1. The lowest BCUT2D eigenvalue weighted by Crippen LogP contribution is -2.21. The van der Waals surface area contributed by atoms with Crippen molar-refractivity contribution in [3.63, 3.8) is 0 Å². The van der Waals surface area contributed by atoms with Crippen molar-refractivity contribution >= 4 is 5.97 Å². The SMILES string of the molecule is CNCCc1ccc2c(c1)OCO2.O=C(O)C(F)(F)F. The minimum Gasteiger partial charge on any atom is -0.475 e. The summed E-state index contributed by atoms with van der Waals surface area (Å²) < 4.78 is 42.2. The van der Waals surface area contributed by atoms with E-state index in [0.29, 0.717) is 6.79 Å². The van der Waals surface area contributed by atoms with E-state index in [-0.39, 0.29) is 0 Å². The highest BCUT2D eigenvalue weighted by molar-refractivity contribution is 5.73. The van der Waals surface area contributed by atoms with Gasteiger partial charge in [-0.1, -0.05) is 6.07 Å². The Labute approximate surface area is 113 Å². The van der Waals surface area contributed by atoms with E-state index in [0.717, 1.165) is 24.5 Å². The van der Waals surface area contributed by atoms with Gasteiger partial charge in [-0.2, -0.15) is 13.2 Å². The van der Waals surface area contributed by atoms with Crippen molar-refractivity contribution < 1.29 is 32.5 Å². The van der Waals surface area contributed by atoms with Gasteiger partial charge in [0.05, 0.1) is 0 Å². The summed E-state index contributed by atoms with van der Waals surface area (Å²) in [6.07, 6.45) is -4.06. The maximum Gasteiger partial charge on any atom is 0.490 e. The second-order valence-electron chi connectivity index (χ2n) is 3.84. The van der Waals surface area contributed by atoms with Crippen LogP contribution in [-0.4, -0.2) is 37.6 Å². The van der Waals surface area contributed by atoms with Crippen LogP contribution in [0.25, 0.3) is 0 Å². The zero-order valence-electron chi connectivity index (χ0n) is 10.7. The van der Waals surface area contributed by atoms with Gasteiger partial charge in [-0.15, -0.1) is 0 Å². The van der Waals surface area contributed by atoms with Gasteiger partial charge in [0.15, 0.2) is 11.5 Å². The van der Waals surface area contributed by atoms with E-state index in [9.17, 15) is 13.2 Å². The molecule has 0 aliphatic carbocycles. The number of ether oxygens (including phenoxy) is 2. The Balaban J connectivity index is 0.000000246. The predicted octanol–water partition coefficient (Wildman–Crippen LogP) is 1.81. The molecule has 2 N–H and O–H groups in total. The molecular weight excluding hydrogens is 279 g/mol. The predicted molar refractivity (Wildman–Crippen MR) is 63.9 cm³/mol. The first-order valence-corrected chi connectivity index (χ1v) is 5.68. The monoisotopic (exact) mass is 293 g/mol. The van der Waals surface area contributed by atoms with Crippen molar-refractivity contribution in [1.82, 2.24) is 5.32 Å². The zero-order chi connectivity index (χ0) is 15.2. The van der Waals surface area contributed by atoms with Crippen LogP contribution >= 0.6 is 0 Å². The molecule has 0 aromatic heterocycles. The fourth-order valence-corrected chi connectivity index (χ4v) is 1.37. The Hall–Kier alpha value is -1.96. The van der Waals surface area contributed by atoms with Gasteiger partial charge in [-0.3, -0.25) is 0 Å². The van der Waals surface area contributed by atoms with E-state index >= 15 is 0 Å². The van der Waals surface area contributed by atoms with Crippen molar-refractivity contribution in [2.75, 3.05) is 20.4 Å². The summed E-state index contributed by atoms with van der Waals surface area (Å²) >= 11 is 0. The first-order chi connectivity index (χ1) is 9.34. The number of likely N-dealkylation sites (N-methyl/N-ethyl adjacent to an activating group) is 1. The smallest absolute Gasteiger partial charge is 0.475 e. The molecule has 1 heterocycles. The summed E-state index contributed by atoms with van der Waals surface area (Å²) in [6.45, 7) is 1.34. The van der Waals surface area contributed by atoms with Crippen LogP contribution in [0.4, 0.5) is 13.2 Å². The number of nitrogens with one attached hydrogen (secondary N) is 1. The number of aliphatic carboxylic acids is 1. The molecule has 0 unspecified atom stereocenters. The molecule has 5 nitrogen and oxygen atoms in total. The third-order valence-electron chi connectivity index (χ3n) is 2.34. The minimum absolute atomic E-state index is 0.352. The molecule has 0 fully saturated rings. The zero-order valence-corrected chi connectivity index (χ0v) is 10.7. The van der Waals surface area contributed by atoms with Gasteiger partial charge >= 0.3 is 12.1 Å². The Kier molecular flexibility index (Phi) is 5.63. The highest BCUT2D eigenvalue weighted by Crippen LogP contribution is 2.32. The molecule has 1 aromatic carbocycles. The van der Waals surface area contributed by atoms with Crippen molar-refractivity contribution in [3.05, 3.63) is 23.8 Å². The van der Waals surface area contributed by atoms with Crippen LogP contribution in [0.15, 0.2) is 18.2 Å². The van der Waals surface area contributed by atoms with Crippen LogP contribution in [0.5, 0.6) is 11.5 Å². The topological polar surface area (TPSA) is 67.8 Å². The summed E-state index contributed by atoms with van der Waals surface area (Å²) in [5.41, 5.74) is 1.28. The average Bonchev–Trinajstić information content (AvgIpc) is 2.83. The summed E-state index contributed by atoms with van der Waals surface area (Å²) in [5, 5.41) is 10.2. The Morgan fingerprint density at radius 3 is 2.50 bits per heavy atom. The maximum atomic E-state index is 10.6. The number of carboxylic acid groups (broad SMARTS) is 1. The molecule has 2 rings (SSSR count). The average molecular weight is 293 g/mol. The lowest BCUT2D eigenvalue weighted by Gasteiger charge is -2.01. The van der Waals surface area contributed by atoms with Crippen LogP contribution < -0.4 is 14.8 Å². The van der Waals surface area contributed by atoms with Crippen molar-refractivity contribution in [2.24, 2.45) is 0 Å². The molecule has 8 heteroatoms. The minimum atomic E-state index is -5.08. The quantitative estimate of drug-likeness (QED) is 0.889. The van der Waals surface area contributed by atoms with Gasteiger partial charge in [-0.25, -0.2) is 4.79 Å². The third kappa shape index (κ3) is 4.96. The van der Waals surface area contributed by atoms with E-state index in [4.69, 9.17) is 19.4 Å². The number of rotatable bonds is 3. The molecule has 1 aromatic rings. The maximum absolute atomic E-state index is 10.6. The van der Waals surface area contributed by atoms with Crippen LogP contribution in [0.1, 0.15) is 5.56 Å². The third-order valence-corrected chi connectivity index (χ3v) is 2.34. The van der Waals surface area contributed by atoms with Gasteiger partial charge in [0.25, 0.3) is 0 Å². The number of carboxylic acids is 1. The van der Waals surface area contributed by atoms with E-state index in [1.54, 1.807) is 0 Å². The molecular formula is C12H14F3NO4. The number of hydrogen-bond donors (Lipinski definition) is 2. The lowest BCUT2D eigenvalue weighted by molar-refractivity contribution is -0.192. The van der Waals surface area contributed by atoms with Crippen molar-refractivity contribution in [2.45, 2.75) is 12.6 Å². The van der Waals surface area contributed by atoms with Gasteiger partial charge in [0.2, 0.25) is 6.79 Å². The largest absolute Gasteiger partial charge is 0.490 e. The Bertz CT molecular complexity index is 463. The van der Waals surface area contributed by atoms with Gasteiger partial charge in [0, 0.05) is 0 Å². The molecule has 112 valence electrons. The molecule has 0 bridgehead atoms. The normalized spacial score (nSPS) is 12.6. The summed E-state index contributed by atoms with van der Waals surface area (Å²) in [5.74, 6) is -1.03. The number of halogens is 3. The molecule has 1 aliphatic rings. The number of carbonyl (C=O) groups is 1. The summed E-state index contributed by atoms with van der Waals surface area (Å²) in [7, 11) is 1.95. The van der Waals surface area contributed by atoms with E-state index < -0.39 is 12.1 Å². The number of fused-ring (bicyclic) bond motifs is 1. The first-order valence-electron chi connectivity index (χ1n) is 5.68. The van der Waals surface area contributed by atoms with Crippen LogP contribution in [0, 0.1) is 0 Å². The number of alkyl halides is 3. The van der Waals surface area contributed by atoms with E-state index in [1.807, 2.05) is 19.2 Å². The van der Waals surface area contributed by atoms with Gasteiger partial charge in [-0.05, 0) is 37.7 Å². The van der Waals surface area contributed by atoms with Crippen LogP contribution in [-0.2, 0) is 11.2 Å². The highest BCUT2D eigenvalue weighted by atomic mass is 19.4. The number of hydrogen-bond acceptors (Lipinski definition) is 4. The van der Waals surface area contributed by atoms with Crippen molar-refractivity contribution in [3.8, 4) is 11.5 Å². The standard InChI is InChI=1S/C10H13NO2.C2HF3O2/c1-11-5-4-8-2-3-9-10(6-8)13-7-12-9;3-2(4,5)1(6)7/h2-3,6,11H,4-5,7H2,1H3;(H,6,7). The Morgan fingerprint density at radius 1 is 1.35 bits per heavy atom. The molecule has 20 heavy (non-hydrogen) atoms. The van der Waals surface area contributed by atoms with Gasteiger partial charge < -0.3 is 19.9 Å². The highest BCUT2D eigenvalue weighted by Gasteiger charge is 2.38. The fourth-order valence-electron chi connectivity index (χ4n) is 1.37. The molecule has 0 radical (unpaired) electrons. The van der Waals surface area contributed by atoms with Crippen LogP contribution in [0.2, 0.25) is 0 Å². The van der Waals surface area contributed by atoms with Crippen molar-refractivity contribution in [1.29, 1.82) is 0 Å². The summed E-state index contributed by atoms with van der Waals surface area (Å²) in [4.78, 5) is 8.90. The molecule has 0 amide bonds. The molecule has 1 aliphatic heterocycles. The Morgan fingerprint density at radius 2 is 1.95 bits per heavy atom. The lowest BCUT2D eigenvalue weighted by atomic mass is 10.1. The second-order valence-corrected chi connectivity index (χ2v) is 3.84. The van der Waals surface area contributed by atoms with Crippen LogP contribution in [0.3, 0.4) is 0 Å². The summed E-state index contributed by atoms with van der Waals surface area (Å²) in [6, 6.07) is 6.08. The number of benzene rings is 1. The fraction of sp³-hybridized carbons (Fsp3) is 0.417. The second kappa shape index (κ2) is 6.99. The molecule has 0 spiro atoms.